The van der Waals surface area contributed by atoms with Crippen LogP contribution < -0.4 is 4.74 Å². The van der Waals surface area contributed by atoms with Crippen LogP contribution in [0.2, 0.25) is 0 Å². The van der Waals surface area contributed by atoms with E-state index < -0.39 is 28.9 Å². The number of carboxylic acids is 1. The van der Waals surface area contributed by atoms with Gasteiger partial charge in [-0.25, -0.2) is 9.18 Å². The topological polar surface area (TPSA) is 62.7 Å². The molecule has 1 aliphatic heterocycles. The first-order valence-electron chi connectivity index (χ1n) is 10.4. The number of benzene rings is 1. The molecule has 1 unspecified atom stereocenters. The quantitative estimate of drug-likeness (QED) is 0.567. The Morgan fingerprint density at radius 1 is 1.22 bits per heavy atom. The number of ether oxygens (including phenoxy) is 1. The lowest BCUT2D eigenvalue weighted by atomic mass is 9.89. The maximum absolute atomic E-state index is 13.9. The van der Waals surface area contributed by atoms with Crippen LogP contribution in [0.15, 0.2) is 36.5 Å². The Bertz CT molecular complexity index is 945. The number of carboxylic acid groups (broad SMARTS) is 1. The van der Waals surface area contributed by atoms with Gasteiger partial charge in [0.15, 0.2) is 0 Å². The third-order valence-corrected chi connectivity index (χ3v) is 5.79. The number of piperidine rings is 1. The molecule has 0 saturated carbocycles. The predicted octanol–water partition coefficient (Wildman–Crippen LogP) is 5.41. The van der Waals surface area contributed by atoms with E-state index in [1.807, 2.05) is 4.90 Å². The minimum atomic E-state index is -4.28. The average Bonchev–Trinajstić information content (AvgIpc) is 2.72. The number of pyridine rings is 1. The van der Waals surface area contributed by atoms with Crippen molar-refractivity contribution in [3.05, 3.63) is 47.9 Å². The molecule has 2 aromatic rings. The van der Waals surface area contributed by atoms with Gasteiger partial charge in [-0.1, -0.05) is 12.5 Å². The molecule has 0 amide bonds. The summed E-state index contributed by atoms with van der Waals surface area (Å²) in [5.74, 6) is -1.74. The van der Waals surface area contributed by atoms with Crippen LogP contribution in [-0.4, -0.2) is 52.9 Å². The summed E-state index contributed by atoms with van der Waals surface area (Å²) in [5, 5.41) is 8.92. The molecule has 1 aromatic heterocycles. The minimum Gasteiger partial charge on any atom is -0.490 e. The highest BCUT2D eigenvalue weighted by molar-refractivity contribution is 5.88. The van der Waals surface area contributed by atoms with Gasteiger partial charge < -0.3 is 9.84 Å². The fraction of sp³-hybridized carbons (Fsp3) is 0.478. The van der Waals surface area contributed by atoms with Crippen molar-refractivity contribution in [3.63, 3.8) is 0 Å². The van der Waals surface area contributed by atoms with E-state index >= 15 is 0 Å². The Morgan fingerprint density at radius 2 is 1.97 bits per heavy atom. The molecule has 174 valence electrons. The number of hydrogen-bond acceptors (Lipinski definition) is 4. The average molecular weight is 454 g/mol. The highest BCUT2D eigenvalue weighted by Crippen LogP contribution is 2.39. The molecule has 1 N–H and O–H groups in total. The molecule has 1 aromatic carbocycles. The Labute approximate surface area is 184 Å². The summed E-state index contributed by atoms with van der Waals surface area (Å²) < 4.78 is 59.7. The van der Waals surface area contributed by atoms with Gasteiger partial charge in [0.25, 0.3) is 0 Å². The summed E-state index contributed by atoms with van der Waals surface area (Å²) in [6.45, 7) is 3.20. The molecule has 2 heterocycles. The summed E-state index contributed by atoms with van der Waals surface area (Å²) in [7, 11) is 0. The molecule has 1 atom stereocenters. The van der Waals surface area contributed by atoms with Crippen LogP contribution in [0.25, 0.3) is 11.3 Å². The van der Waals surface area contributed by atoms with Crippen LogP contribution >= 0.6 is 0 Å². The molecule has 9 heteroatoms. The van der Waals surface area contributed by atoms with E-state index in [1.165, 1.54) is 32.2 Å². The smallest absolute Gasteiger partial charge is 0.395 e. The van der Waals surface area contributed by atoms with Gasteiger partial charge in [-0.3, -0.25) is 9.88 Å². The summed E-state index contributed by atoms with van der Waals surface area (Å²) in [6.07, 6.45) is -0.262. The Hall–Kier alpha value is -2.68. The van der Waals surface area contributed by atoms with Gasteiger partial charge in [0.2, 0.25) is 0 Å². The van der Waals surface area contributed by atoms with Crippen molar-refractivity contribution >= 4 is 5.97 Å². The number of alkyl halides is 3. The zero-order valence-electron chi connectivity index (χ0n) is 18.0. The first kappa shape index (κ1) is 24.0. The normalized spacial score (nSPS) is 17.9. The molecule has 32 heavy (non-hydrogen) atoms. The highest BCUT2D eigenvalue weighted by Gasteiger charge is 2.48. The highest BCUT2D eigenvalue weighted by atomic mass is 19.4. The van der Waals surface area contributed by atoms with Gasteiger partial charge in [0, 0.05) is 18.2 Å². The molecule has 0 aliphatic carbocycles. The largest absolute Gasteiger partial charge is 0.490 e. The second-order valence-electron chi connectivity index (χ2n) is 8.69. The van der Waals surface area contributed by atoms with E-state index in [4.69, 9.17) is 9.84 Å². The van der Waals surface area contributed by atoms with Gasteiger partial charge in [0.1, 0.15) is 18.2 Å². The molecule has 3 rings (SSSR count). The second-order valence-corrected chi connectivity index (χ2v) is 8.69. The number of carbonyl (C=O) groups is 1. The monoisotopic (exact) mass is 454 g/mol. The maximum atomic E-state index is 13.9. The van der Waals surface area contributed by atoms with Gasteiger partial charge >= 0.3 is 12.1 Å². The van der Waals surface area contributed by atoms with Crippen molar-refractivity contribution in [2.24, 2.45) is 5.41 Å². The van der Waals surface area contributed by atoms with E-state index in [1.54, 1.807) is 12.1 Å². The van der Waals surface area contributed by atoms with E-state index in [9.17, 15) is 22.4 Å². The number of likely N-dealkylation sites (tertiary alicyclic amines) is 1. The molecule has 1 fully saturated rings. The summed E-state index contributed by atoms with van der Waals surface area (Å²) in [6, 6.07) is 6.90. The lowest BCUT2D eigenvalue weighted by molar-refractivity contribution is -0.219. The van der Waals surface area contributed by atoms with Gasteiger partial charge in [-0.05, 0) is 57.5 Å². The first-order valence-corrected chi connectivity index (χ1v) is 10.4. The van der Waals surface area contributed by atoms with Gasteiger partial charge in [-0.15, -0.1) is 0 Å². The number of aromatic carboxylic acids is 1. The van der Waals surface area contributed by atoms with Crippen molar-refractivity contribution in [1.29, 1.82) is 0 Å². The number of hydrogen-bond donors (Lipinski definition) is 1. The molecule has 1 aliphatic rings. The molecule has 1 saturated heterocycles. The van der Waals surface area contributed by atoms with Crippen LogP contribution in [0.4, 0.5) is 17.6 Å². The lowest BCUT2D eigenvalue weighted by Gasteiger charge is -2.41. The minimum absolute atomic E-state index is 0.0837. The zero-order chi connectivity index (χ0) is 23.5. The Kier molecular flexibility index (Phi) is 7.07. The van der Waals surface area contributed by atoms with Crippen molar-refractivity contribution in [3.8, 4) is 17.0 Å². The molecule has 0 radical (unpaired) electrons. The second kappa shape index (κ2) is 9.44. The lowest BCUT2D eigenvalue weighted by Crippen LogP contribution is -2.50. The molecular formula is C23H26F4N2O3. The van der Waals surface area contributed by atoms with Crippen molar-refractivity contribution < 1.29 is 32.2 Å². The Balaban J connectivity index is 1.64. The van der Waals surface area contributed by atoms with Crippen LogP contribution in [-0.2, 0) is 0 Å². The molecule has 0 spiro atoms. The van der Waals surface area contributed by atoms with Crippen LogP contribution in [0.5, 0.6) is 5.75 Å². The van der Waals surface area contributed by atoms with Crippen LogP contribution in [0, 0.1) is 11.2 Å². The first-order chi connectivity index (χ1) is 15.0. The van der Waals surface area contributed by atoms with Crippen molar-refractivity contribution in [2.45, 2.75) is 45.3 Å². The van der Waals surface area contributed by atoms with Crippen LogP contribution in [0.1, 0.15) is 43.5 Å². The third kappa shape index (κ3) is 5.56. The van der Waals surface area contributed by atoms with E-state index in [2.05, 4.69) is 4.98 Å². The van der Waals surface area contributed by atoms with Gasteiger partial charge in [0.05, 0.1) is 22.9 Å². The van der Waals surface area contributed by atoms with Crippen molar-refractivity contribution in [1.82, 2.24) is 9.88 Å². The van der Waals surface area contributed by atoms with Gasteiger partial charge in [-0.2, -0.15) is 13.2 Å². The van der Waals surface area contributed by atoms with E-state index in [0.717, 1.165) is 25.3 Å². The predicted molar refractivity (Wildman–Crippen MR) is 111 cm³/mol. The molecule has 0 bridgehead atoms. The number of nitrogens with zero attached hydrogens (tertiary/aromatic N) is 2. The number of rotatable bonds is 7. The molecule has 5 nitrogen and oxygen atoms in total. The fourth-order valence-electron chi connectivity index (χ4n) is 3.73. The third-order valence-electron chi connectivity index (χ3n) is 5.79. The molecular weight excluding hydrogens is 428 g/mol. The number of halogens is 4. The number of aromatic nitrogens is 1. The van der Waals surface area contributed by atoms with Crippen LogP contribution in [0.3, 0.4) is 0 Å². The fourth-order valence-corrected chi connectivity index (χ4v) is 3.73. The standard InChI is InChI=1S/C23H26F4N2O3/c1-22(2,23(25,26)27)14-29-10-4-3-5-16(29)13-32-17-7-9-20(28-12-17)15-6-8-18(21(30)31)19(24)11-15/h6-9,11-12,16H,3-5,10,13-14H2,1-2H3,(H,30,31). The van der Waals surface area contributed by atoms with Crippen molar-refractivity contribution in [2.75, 3.05) is 19.7 Å². The SMILES string of the molecule is CC(C)(CN1CCCCC1COc1ccc(-c2ccc(C(=O)O)c(F)c2)nc1)C(F)(F)F. The maximum Gasteiger partial charge on any atom is 0.395 e. The van der Waals surface area contributed by atoms with E-state index in [0.29, 0.717) is 23.6 Å². The van der Waals surface area contributed by atoms with E-state index in [-0.39, 0.29) is 19.2 Å². The zero-order valence-corrected chi connectivity index (χ0v) is 18.0. The summed E-state index contributed by atoms with van der Waals surface area (Å²) in [5.41, 5.74) is -1.36. The Morgan fingerprint density at radius 3 is 2.56 bits per heavy atom. The summed E-state index contributed by atoms with van der Waals surface area (Å²) >= 11 is 0. The summed E-state index contributed by atoms with van der Waals surface area (Å²) in [4.78, 5) is 17.0.